The highest BCUT2D eigenvalue weighted by Gasteiger charge is 2.17. The average Bonchev–Trinajstić information content (AvgIpc) is 3.31. The van der Waals surface area contributed by atoms with E-state index in [-0.39, 0.29) is 13.0 Å². The normalized spacial score (nSPS) is 11.1. The zero-order valence-electron chi connectivity index (χ0n) is 20.0. The zero-order chi connectivity index (χ0) is 25.1. The Hall–Kier alpha value is -4.35. The van der Waals surface area contributed by atoms with E-state index in [1.54, 1.807) is 18.4 Å². The number of ether oxygens (including phenoxy) is 1. The van der Waals surface area contributed by atoms with Crippen molar-refractivity contribution in [3.8, 4) is 28.0 Å². The molecule has 0 atom stereocenters. The molecule has 5 nitrogen and oxygen atoms in total. The average molecular weight is 478 g/mol. The summed E-state index contributed by atoms with van der Waals surface area (Å²) in [6.45, 7) is 2.82. The fourth-order valence-corrected chi connectivity index (χ4v) is 4.53. The van der Waals surface area contributed by atoms with Gasteiger partial charge in [-0.1, -0.05) is 60.7 Å². The molecule has 5 rings (SSSR count). The van der Waals surface area contributed by atoms with Crippen LogP contribution in [0.2, 0.25) is 0 Å². The maximum absolute atomic E-state index is 11.3. The number of benzene rings is 4. The molecule has 0 amide bonds. The number of carbonyl (C=O) groups is 1. The standard InChI is InChI=1S/C31H27NO4/c1-20-7-2-4-11-26(20)28-15-24(22-10-6-8-21(13-22)17-32)14-27-25(19-36-31(27)28)18-35-29-12-5-3-9-23(29)16-30(33)34/h2-15,19H,16-18,32H2,1H3,(H,33,34). The molecule has 0 aliphatic heterocycles. The molecule has 1 aromatic heterocycles. The maximum Gasteiger partial charge on any atom is 0.307 e. The molecule has 5 heteroatoms. The number of hydrogen-bond donors (Lipinski definition) is 2. The zero-order valence-corrected chi connectivity index (χ0v) is 20.0. The Morgan fingerprint density at radius 2 is 1.69 bits per heavy atom. The number of fused-ring (bicyclic) bond motifs is 1. The van der Waals surface area contributed by atoms with E-state index in [1.807, 2.05) is 36.4 Å². The third-order valence-electron chi connectivity index (χ3n) is 6.38. The van der Waals surface area contributed by atoms with Gasteiger partial charge in [0.2, 0.25) is 0 Å². The molecular formula is C31H27NO4. The molecule has 0 fully saturated rings. The van der Waals surface area contributed by atoms with Crippen molar-refractivity contribution in [1.82, 2.24) is 0 Å². The SMILES string of the molecule is Cc1ccccc1-c1cc(-c2cccc(CN)c2)cc2c(COc3ccccc3CC(=O)O)coc12. The molecular weight excluding hydrogens is 450 g/mol. The predicted octanol–water partition coefficient (Wildman–Crippen LogP) is 6.74. The van der Waals surface area contributed by atoms with Gasteiger partial charge in [0.25, 0.3) is 0 Å². The largest absolute Gasteiger partial charge is 0.488 e. The van der Waals surface area contributed by atoms with E-state index in [9.17, 15) is 9.90 Å². The molecule has 1 heterocycles. The Bertz CT molecular complexity index is 1550. The lowest BCUT2D eigenvalue weighted by molar-refractivity contribution is -0.136. The van der Waals surface area contributed by atoms with Crippen molar-refractivity contribution < 1.29 is 19.1 Å². The molecule has 3 N–H and O–H groups in total. The second-order valence-corrected chi connectivity index (χ2v) is 8.85. The minimum absolute atomic E-state index is 0.0959. The Morgan fingerprint density at radius 1 is 0.889 bits per heavy atom. The van der Waals surface area contributed by atoms with Gasteiger partial charge in [-0.3, -0.25) is 4.79 Å². The molecule has 0 aliphatic carbocycles. The number of para-hydroxylation sites is 1. The molecule has 5 aromatic rings. The van der Waals surface area contributed by atoms with Gasteiger partial charge >= 0.3 is 5.97 Å². The number of carboxylic acids is 1. The van der Waals surface area contributed by atoms with Crippen LogP contribution in [0.25, 0.3) is 33.2 Å². The molecule has 0 unspecified atom stereocenters. The summed E-state index contributed by atoms with van der Waals surface area (Å²) in [6.07, 6.45) is 1.63. The Morgan fingerprint density at radius 3 is 2.50 bits per heavy atom. The van der Waals surface area contributed by atoms with Crippen LogP contribution in [0.15, 0.2) is 95.6 Å². The fourth-order valence-electron chi connectivity index (χ4n) is 4.53. The van der Waals surface area contributed by atoms with Gasteiger partial charge in [0, 0.05) is 28.6 Å². The lowest BCUT2D eigenvalue weighted by Crippen LogP contribution is -2.04. The van der Waals surface area contributed by atoms with Crippen molar-refractivity contribution in [2.24, 2.45) is 5.73 Å². The third-order valence-corrected chi connectivity index (χ3v) is 6.38. The van der Waals surface area contributed by atoms with E-state index in [0.717, 1.165) is 49.9 Å². The van der Waals surface area contributed by atoms with E-state index >= 15 is 0 Å². The Labute approximate surface area is 209 Å². The van der Waals surface area contributed by atoms with Gasteiger partial charge in [0.05, 0.1) is 12.7 Å². The lowest BCUT2D eigenvalue weighted by Gasteiger charge is -2.12. The monoisotopic (exact) mass is 477 g/mol. The molecule has 0 bridgehead atoms. The highest BCUT2D eigenvalue weighted by molar-refractivity contribution is 5.98. The fraction of sp³-hybridized carbons (Fsp3) is 0.129. The van der Waals surface area contributed by atoms with Crippen molar-refractivity contribution in [2.75, 3.05) is 0 Å². The summed E-state index contributed by atoms with van der Waals surface area (Å²) in [5.41, 5.74) is 14.7. The molecule has 0 saturated heterocycles. The highest BCUT2D eigenvalue weighted by atomic mass is 16.5. The first-order chi connectivity index (χ1) is 17.5. The first kappa shape index (κ1) is 23.4. The first-order valence-corrected chi connectivity index (χ1v) is 11.9. The summed E-state index contributed by atoms with van der Waals surface area (Å²) < 4.78 is 12.2. The van der Waals surface area contributed by atoms with Gasteiger partial charge in [-0.05, 0) is 59.0 Å². The lowest BCUT2D eigenvalue weighted by atomic mass is 9.93. The summed E-state index contributed by atoms with van der Waals surface area (Å²) >= 11 is 0. The van der Waals surface area contributed by atoms with Gasteiger partial charge in [-0.25, -0.2) is 0 Å². The topological polar surface area (TPSA) is 85.7 Å². The minimum atomic E-state index is -0.896. The third kappa shape index (κ3) is 4.74. The summed E-state index contributed by atoms with van der Waals surface area (Å²) in [4.78, 5) is 11.3. The number of carboxylic acid groups (broad SMARTS) is 1. The van der Waals surface area contributed by atoms with Crippen molar-refractivity contribution >= 4 is 16.9 Å². The number of hydrogen-bond acceptors (Lipinski definition) is 4. The smallest absolute Gasteiger partial charge is 0.307 e. The number of rotatable bonds is 8. The quantitative estimate of drug-likeness (QED) is 0.258. The van der Waals surface area contributed by atoms with E-state index in [4.69, 9.17) is 14.9 Å². The predicted molar refractivity (Wildman–Crippen MR) is 142 cm³/mol. The number of aryl methyl sites for hydroxylation is 1. The van der Waals surface area contributed by atoms with Crippen LogP contribution in [0.3, 0.4) is 0 Å². The molecule has 0 saturated carbocycles. The molecule has 4 aromatic carbocycles. The Balaban J connectivity index is 1.60. The van der Waals surface area contributed by atoms with E-state index in [1.165, 1.54) is 0 Å². The van der Waals surface area contributed by atoms with Gasteiger partial charge in [-0.15, -0.1) is 0 Å². The summed E-state index contributed by atoms with van der Waals surface area (Å²) in [5, 5.41) is 10.2. The Kier molecular flexibility index (Phi) is 6.56. The summed E-state index contributed by atoms with van der Waals surface area (Å²) in [6, 6.07) is 28.0. The van der Waals surface area contributed by atoms with Crippen LogP contribution in [0.4, 0.5) is 0 Å². The number of nitrogens with two attached hydrogens (primary N) is 1. The number of aliphatic carboxylic acids is 1. The van der Waals surface area contributed by atoms with Gasteiger partial charge < -0.3 is 20.0 Å². The summed E-state index contributed by atoms with van der Waals surface area (Å²) in [5.74, 6) is -0.341. The van der Waals surface area contributed by atoms with Gasteiger partial charge in [0.1, 0.15) is 17.9 Å². The van der Waals surface area contributed by atoms with Gasteiger partial charge in [-0.2, -0.15) is 0 Å². The van der Waals surface area contributed by atoms with E-state index < -0.39 is 5.97 Å². The van der Waals surface area contributed by atoms with Crippen LogP contribution < -0.4 is 10.5 Å². The molecule has 0 radical (unpaired) electrons. The van der Waals surface area contributed by atoms with Crippen LogP contribution in [0, 0.1) is 6.92 Å². The molecule has 36 heavy (non-hydrogen) atoms. The highest BCUT2D eigenvalue weighted by Crippen LogP contribution is 2.38. The second kappa shape index (κ2) is 10.1. The van der Waals surface area contributed by atoms with Crippen molar-refractivity contribution in [3.63, 3.8) is 0 Å². The van der Waals surface area contributed by atoms with E-state index in [0.29, 0.717) is 17.9 Å². The van der Waals surface area contributed by atoms with Crippen molar-refractivity contribution in [1.29, 1.82) is 0 Å². The molecule has 180 valence electrons. The van der Waals surface area contributed by atoms with Crippen LogP contribution in [0.5, 0.6) is 5.75 Å². The maximum atomic E-state index is 11.3. The van der Waals surface area contributed by atoms with Gasteiger partial charge in [0.15, 0.2) is 0 Å². The van der Waals surface area contributed by atoms with Crippen LogP contribution in [-0.4, -0.2) is 11.1 Å². The van der Waals surface area contributed by atoms with Crippen LogP contribution >= 0.6 is 0 Å². The minimum Gasteiger partial charge on any atom is -0.488 e. The summed E-state index contributed by atoms with van der Waals surface area (Å²) in [7, 11) is 0. The van der Waals surface area contributed by atoms with Crippen LogP contribution in [-0.2, 0) is 24.4 Å². The number of furan rings is 1. The van der Waals surface area contributed by atoms with E-state index in [2.05, 4.69) is 43.3 Å². The molecule has 0 spiro atoms. The molecule has 0 aliphatic rings. The van der Waals surface area contributed by atoms with Crippen molar-refractivity contribution in [2.45, 2.75) is 26.5 Å². The van der Waals surface area contributed by atoms with Crippen molar-refractivity contribution in [3.05, 3.63) is 113 Å². The van der Waals surface area contributed by atoms with Crippen LogP contribution in [0.1, 0.15) is 22.3 Å². The first-order valence-electron chi connectivity index (χ1n) is 11.9. The second-order valence-electron chi connectivity index (χ2n) is 8.85.